The quantitative estimate of drug-likeness (QED) is 0.657. The van der Waals surface area contributed by atoms with Crippen molar-refractivity contribution in [3.05, 3.63) is 0 Å². The fourth-order valence-electron chi connectivity index (χ4n) is 0.151. The number of rotatable bonds is 2. The molecule has 1 unspecified atom stereocenters. The van der Waals surface area contributed by atoms with E-state index in [-0.39, 0.29) is 0 Å². The minimum absolute atomic E-state index is 0.600. The lowest BCUT2D eigenvalue weighted by Gasteiger charge is -2.12. The fraction of sp³-hybridized carbons (Fsp3) is 0.800. The van der Waals surface area contributed by atoms with Crippen LogP contribution in [0.15, 0.2) is 0 Å². The summed E-state index contributed by atoms with van der Waals surface area (Å²) >= 11 is 3.05. The van der Waals surface area contributed by atoms with Gasteiger partial charge in [-0.25, -0.2) is 0 Å². The monoisotopic (exact) mass is 180 g/mol. The molecular formula is C5H9BrO2. The summed E-state index contributed by atoms with van der Waals surface area (Å²) in [5, 5.41) is 8.39. The first kappa shape index (κ1) is 7.95. The molecule has 8 heavy (non-hydrogen) atoms. The molecule has 0 spiro atoms. The van der Waals surface area contributed by atoms with Crippen LogP contribution in [0.3, 0.4) is 0 Å². The smallest absolute Gasteiger partial charge is 0.320 e. The van der Waals surface area contributed by atoms with Crippen molar-refractivity contribution in [2.24, 2.45) is 0 Å². The zero-order valence-electron chi connectivity index (χ0n) is 4.94. The molecule has 0 amide bonds. The second kappa shape index (κ2) is 2.49. The number of hydrogen-bond donors (Lipinski definition) is 1. The number of halogens is 1. The fourth-order valence-corrected chi connectivity index (χ4v) is 0.151. The molecule has 0 aromatic rings. The molecule has 0 aromatic carbocycles. The molecule has 0 radical (unpaired) electrons. The van der Waals surface area contributed by atoms with Gasteiger partial charge in [-0.15, -0.1) is 0 Å². The summed E-state index contributed by atoms with van der Waals surface area (Å²) < 4.78 is -0.729. The van der Waals surface area contributed by atoms with Crippen LogP contribution in [0.2, 0.25) is 0 Å². The van der Waals surface area contributed by atoms with E-state index in [1.54, 1.807) is 6.92 Å². The molecule has 0 aromatic heterocycles. The minimum Gasteiger partial charge on any atom is -0.480 e. The lowest BCUT2D eigenvalue weighted by molar-refractivity contribution is -0.139. The van der Waals surface area contributed by atoms with Crippen molar-refractivity contribution >= 4 is 21.9 Å². The van der Waals surface area contributed by atoms with E-state index in [2.05, 4.69) is 15.9 Å². The molecular weight excluding hydrogens is 172 g/mol. The van der Waals surface area contributed by atoms with Gasteiger partial charge in [0.25, 0.3) is 0 Å². The van der Waals surface area contributed by atoms with E-state index < -0.39 is 10.3 Å². The van der Waals surface area contributed by atoms with Crippen molar-refractivity contribution in [2.45, 2.75) is 24.6 Å². The van der Waals surface area contributed by atoms with Gasteiger partial charge in [-0.2, -0.15) is 0 Å². The first-order valence-electron chi connectivity index (χ1n) is 2.43. The molecule has 0 bridgehead atoms. The Hall–Kier alpha value is -0.0500. The third-order valence-corrected chi connectivity index (χ3v) is 2.01. The summed E-state index contributed by atoms with van der Waals surface area (Å²) in [7, 11) is 0. The van der Waals surface area contributed by atoms with Gasteiger partial charge in [0.15, 0.2) is 0 Å². The van der Waals surface area contributed by atoms with Gasteiger partial charge in [0.1, 0.15) is 4.32 Å². The molecule has 0 aliphatic rings. The van der Waals surface area contributed by atoms with Crippen molar-refractivity contribution in [1.29, 1.82) is 0 Å². The molecule has 0 fully saturated rings. The van der Waals surface area contributed by atoms with E-state index in [1.807, 2.05) is 6.92 Å². The van der Waals surface area contributed by atoms with Crippen molar-refractivity contribution < 1.29 is 9.90 Å². The predicted octanol–water partition coefficient (Wildman–Crippen LogP) is 1.63. The molecule has 0 heterocycles. The maximum atomic E-state index is 10.2. The van der Waals surface area contributed by atoms with Crippen molar-refractivity contribution in [1.82, 2.24) is 0 Å². The Morgan fingerprint density at radius 1 is 1.88 bits per heavy atom. The normalized spacial score (nSPS) is 17.4. The number of carboxylic acids is 1. The van der Waals surface area contributed by atoms with Crippen LogP contribution >= 0.6 is 15.9 Å². The van der Waals surface area contributed by atoms with E-state index in [0.717, 1.165) is 0 Å². The van der Waals surface area contributed by atoms with Crippen molar-refractivity contribution in [3.8, 4) is 0 Å². The third-order valence-electron chi connectivity index (χ3n) is 1.11. The summed E-state index contributed by atoms with van der Waals surface area (Å²) in [6.45, 7) is 3.46. The van der Waals surface area contributed by atoms with Gasteiger partial charge in [-0.1, -0.05) is 22.9 Å². The second-order valence-electron chi connectivity index (χ2n) is 1.86. The highest BCUT2D eigenvalue weighted by Crippen LogP contribution is 2.20. The van der Waals surface area contributed by atoms with Crippen LogP contribution in [-0.4, -0.2) is 15.4 Å². The zero-order valence-corrected chi connectivity index (χ0v) is 6.53. The number of carbonyl (C=O) groups is 1. The Balaban J connectivity index is 3.91. The van der Waals surface area contributed by atoms with Gasteiger partial charge in [0.05, 0.1) is 0 Å². The average molecular weight is 181 g/mol. The van der Waals surface area contributed by atoms with Crippen LogP contribution < -0.4 is 0 Å². The first-order valence-corrected chi connectivity index (χ1v) is 3.22. The molecule has 0 saturated carbocycles. The Bertz CT molecular complexity index is 98.6. The highest BCUT2D eigenvalue weighted by Gasteiger charge is 2.26. The Morgan fingerprint density at radius 2 is 2.25 bits per heavy atom. The highest BCUT2D eigenvalue weighted by atomic mass is 79.9. The van der Waals surface area contributed by atoms with Crippen LogP contribution in [-0.2, 0) is 4.79 Å². The van der Waals surface area contributed by atoms with Gasteiger partial charge in [0.2, 0.25) is 0 Å². The summed E-state index contributed by atoms with van der Waals surface area (Å²) in [6, 6.07) is 0. The van der Waals surface area contributed by atoms with Gasteiger partial charge in [-0.05, 0) is 13.3 Å². The second-order valence-corrected chi connectivity index (χ2v) is 3.61. The van der Waals surface area contributed by atoms with Gasteiger partial charge < -0.3 is 5.11 Å². The van der Waals surface area contributed by atoms with Gasteiger partial charge in [-0.3, -0.25) is 4.79 Å². The average Bonchev–Trinajstić information content (AvgIpc) is 1.67. The summed E-state index contributed by atoms with van der Waals surface area (Å²) in [4.78, 5) is 10.2. The Morgan fingerprint density at radius 3 is 2.25 bits per heavy atom. The van der Waals surface area contributed by atoms with E-state index in [0.29, 0.717) is 6.42 Å². The highest BCUT2D eigenvalue weighted by molar-refractivity contribution is 9.10. The standard InChI is InChI=1S/C5H9BrO2/c1-3-5(2,6)4(7)8/h3H2,1-2H3,(H,7,8). The van der Waals surface area contributed by atoms with E-state index in [4.69, 9.17) is 5.11 Å². The summed E-state index contributed by atoms with van der Waals surface area (Å²) in [5.74, 6) is -0.806. The van der Waals surface area contributed by atoms with Crippen LogP contribution in [0, 0.1) is 0 Å². The van der Waals surface area contributed by atoms with Crippen LogP contribution in [0.4, 0.5) is 0 Å². The Kier molecular flexibility index (Phi) is 2.47. The number of aliphatic carboxylic acids is 1. The third kappa shape index (κ3) is 1.82. The molecule has 1 N–H and O–H groups in total. The molecule has 1 atom stereocenters. The maximum absolute atomic E-state index is 10.2. The SMILES string of the molecule is CCC(C)(Br)C(=O)O. The molecule has 2 nitrogen and oxygen atoms in total. The van der Waals surface area contributed by atoms with E-state index in [9.17, 15) is 4.79 Å². The molecule has 0 rings (SSSR count). The van der Waals surface area contributed by atoms with Crippen molar-refractivity contribution in [2.75, 3.05) is 0 Å². The molecule has 0 saturated heterocycles. The summed E-state index contributed by atoms with van der Waals surface area (Å²) in [5.41, 5.74) is 0. The number of carboxylic acid groups (broad SMARTS) is 1. The van der Waals surface area contributed by atoms with Crippen LogP contribution in [0.25, 0.3) is 0 Å². The molecule has 0 aliphatic carbocycles. The number of alkyl halides is 1. The van der Waals surface area contributed by atoms with E-state index in [1.165, 1.54) is 0 Å². The van der Waals surface area contributed by atoms with Gasteiger partial charge >= 0.3 is 5.97 Å². The predicted molar refractivity (Wildman–Crippen MR) is 35.3 cm³/mol. The maximum Gasteiger partial charge on any atom is 0.320 e. The zero-order chi connectivity index (χ0) is 6.78. The molecule has 3 heteroatoms. The van der Waals surface area contributed by atoms with Crippen LogP contribution in [0.1, 0.15) is 20.3 Å². The topological polar surface area (TPSA) is 37.3 Å². The molecule has 48 valence electrons. The van der Waals surface area contributed by atoms with Crippen molar-refractivity contribution in [3.63, 3.8) is 0 Å². The first-order chi connectivity index (χ1) is 3.50. The lowest BCUT2D eigenvalue weighted by atomic mass is 10.1. The Labute approximate surface area is 57.0 Å². The number of hydrogen-bond acceptors (Lipinski definition) is 1. The largest absolute Gasteiger partial charge is 0.480 e. The molecule has 0 aliphatic heterocycles. The minimum atomic E-state index is -0.806. The van der Waals surface area contributed by atoms with Crippen LogP contribution in [0.5, 0.6) is 0 Å². The van der Waals surface area contributed by atoms with Gasteiger partial charge in [0, 0.05) is 0 Å². The lowest BCUT2D eigenvalue weighted by Crippen LogP contribution is -2.26. The summed E-state index contributed by atoms with van der Waals surface area (Å²) in [6.07, 6.45) is 0.600. The van der Waals surface area contributed by atoms with E-state index >= 15 is 0 Å².